The van der Waals surface area contributed by atoms with Crippen LogP contribution in [0.2, 0.25) is 0 Å². The number of anilines is 3. The average molecular weight is 1030 g/mol. The first-order valence-corrected chi connectivity index (χ1v) is 30.9. The van der Waals surface area contributed by atoms with Crippen molar-refractivity contribution < 1.29 is 0 Å². The highest BCUT2D eigenvalue weighted by atomic mass is 15.2. The lowest BCUT2D eigenvalue weighted by Crippen LogP contribution is -2.57. The summed E-state index contributed by atoms with van der Waals surface area (Å²) < 4.78 is 2.91. The van der Waals surface area contributed by atoms with Gasteiger partial charge in [-0.1, -0.05) is 203 Å². The molecule has 3 heteroatoms. The van der Waals surface area contributed by atoms with E-state index in [4.69, 9.17) is 0 Å². The Kier molecular flexibility index (Phi) is 10.4. The van der Waals surface area contributed by atoms with E-state index in [0.29, 0.717) is 0 Å². The summed E-state index contributed by atoms with van der Waals surface area (Å²) in [6, 6.07) is 63.7. The van der Waals surface area contributed by atoms with Gasteiger partial charge in [0.05, 0.1) is 5.69 Å². The molecule has 4 fully saturated rings. The van der Waals surface area contributed by atoms with E-state index in [2.05, 4.69) is 216 Å². The number of benzene rings is 8. The molecule has 394 valence electrons. The second kappa shape index (κ2) is 17.0. The largest absolute Gasteiger partial charge is 0.375 e. The van der Waals surface area contributed by atoms with Gasteiger partial charge in [0.2, 0.25) is 0 Å². The summed E-state index contributed by atoms with van der Waals surface area (Å²) in [5.41, 5.74) is 27.8. The standard InChI is InChI=1S/C76H77BN2/c1-72(2,3)53-30-32-66(56(40-53)51-26-12-9-13-27-51)78-68-45-64-63(73(4,5)61-28-14-15-29-62(61)74(64,6)7)44-65(68)77-70-58(38-52(39-69(70)78)50-24-10-8-11-25-50)60-43-55(76-36-18-22-49(47-76)23-19-37-76)42-59-57-41-54(31-33-67(57)79(77)71(59)60)75-34-16-20-48(46-75)21-17-35-75/h8-15,24-33,38-45,48-49H,16-23,34-37,46-47H2,1-7H3. The minimum atomic E-state index is -0.232. The molecule has 0 N–H and O–H groups in total. The van der Waals surface area contributed by atoms with Crippen LogP contribution < -0.4 is 15.8 Å². The first kappa shape index (κ1) is 48.3. The fraction of sp³-hybridized carbons (Fsp3) is 0.368. The van der Waals surface area contributed by atoms with Gasteiger partial charge in [-0.2, -0.15) is 0 Å². The molecule has 16 rings (SSSR count). The van der Waals surface area contributed by atoms with E-state index >= 15 is 0 Å². The second-order valence-corrected chi connectivity index (χ2v) is 28.5. The average Bonchev–Trinajstić information content (AvgIpc) is 2.54. The number of hydrogen-bond donors (Lipinski definition) is 0. The third-order valence-electron chi connectivity index (χ3n) is 22.4. The van der Waals surface area contributed by atoms with Gasteiger partial charge in [-0.25, -0.2) is 0 Å². The van der Waals surface area contributed by atoms with Gasteiger partial charge >= 0.3 is 6.85 Å². The Labute approximate surface area is 470 Å². The van der Waals surface area contributed by atoms with Crippen molar-refractivity contribution in [3.05, 3.63) is 197 Å². The summed E-state index contributed by atoms with van der Waals surface area (Å²) in [5.74, 6) is 1.71. The fourth-order valence-corrected chi connectivity index (χ4v) is 18.4. The van der Waals surface area contributed by atoms with Gasteiger partial charge in [0.1, 0.15) is 0 Å². The van der Waals surface area contributed by atoms with Crippen LogP contribution in [0.1, 0.15) is 177 Å². The first-order valence-electron chi connectivity index (χ1n) is 30.9. The summed E-state index contributed by atoms with van der Waals surface area (Å²) in [5, 5.41) is 2.97. The Balaban J connectivity index is 1.06. The number of aromatic nitrogens is 1. The van der Waals surface area contributed by atoms with Gasteiger partial charge in [-0.05, 0) is 193 Å². The molecule has 5 aliphatic carbocycles. The molecule has 0 spiro atoms. The Morgan fingerprint density at radius 2 is 1.04 bits per heavy atom. The van der Waals surface area contributed by atoms with Crippen LogP contribution in [-0.2, 0) is 27.1 Å². The van der Waals surface area contributed by atoms with Crippen LogP contribution in [0.3, 0.4) is 0 Å². The molecule has 0 radical (unpaired) electrons. The molecule has 0 saturated heterocycles. The molecule has 0 amide bonds. The quantitative estimate of drug-likeness (QED) is 0.156. The predicted molar refractivity (Wildman–Crippen MR) is 335 cm³/mol. The number of nitrogens with zero attached hydrogens (tertiary/aromatic N) is 2. The van der Waals surface area contributed by atoms with E-state index in [1.165, 1.54) is 201 Å². The summed E-state index contributed by atoms with van der Waals surface area (Å²) in [6.07, 6.45) is 19.0. The number of fused-ring (bicyclic) bond motifs is 13. The van der Waals surface area contributed by atoms with Gasteiger partial charge in [-0.15, -0.1) is 0 Å². The molecular weight excluding hydrogens is 952 g/mol. The van der Waals surface area contributed by atoms with Crippen molar-refractivity contribution in [2.24, 2.45) is 11.8 Å². The zero-order chi connectivity index (χ0) is 53.4. The molecule has 4 saturated carbocycles. The van der Waals surface area contributed by atoms with Gasteiger partial charge in [0, 0.05) is 55.1 Å². The molecule has 0 unspecified atom stereocenters. The Morgan fingerprint density at radius 1 is 0.456 bits per heavy atom. The molecule has 1 aromatic heterocycles. The molecule has 79 heavy (non-hydrogen) atoms. The van der Waals surface area contributed by atoms with Crippen LogP contribution in [0.4, 0.5) is 17.1 Å². The SMILES string of the molecule is CC(C)(C)c1ccc(N2c3cc4c(cc3B3c5c(cc(-c6ccccc6)cc52)-c2cc(C56CCCC(CCC5)C6)cc5c6cc(C78CCCC(CCC7)C8)ccc6n3c25)C(C)(C)c2ccccc2C4(C)C)c(-c2ccccc2)c1. The molecule has 3 heterocycles. The van der Waals surface area contributed by atoms with E-state index < -0.39 is 0 Å². The van der Waals surface area contributed by atoms with Crippen LogP contribution in [0.25, 0.3) is 55.2 Å². The van der Waals surface area contributed by atoms with Crippen LogP contribution >= 0.6 is 0 Å². The number of hydrogen-bond acceptors (Lipinski definition) is 1. The highest BCUT2D eigenvalue weighted by Crippen LogP contribution is 2.58. The van der Waals surface area contributed by atoms with Gasteiger partial charge in [-0.3, -0.25) is 0 Å². The smallest absolute Gasteiger partial charge is 0.333 e. The third-order valence-corrected chi connectivity index (χ3v) is 22.4. The molecular formula is C76H77BN2. The summed E-state index contributed by atoms with van der Waals surface area (Å²) in [4.78, 5) is 2.76. The van der Waals surface area contributed by atoms with Gasteiger partial charge in [0.25, 0.3) is 0 Å². The van der Waals surface area contributed by atoms with Gasteiger partial charge in [0.15, 0.2) is 0 Å². The minimum Gasteiger partial charge on any atom is -0.375 e. The third kappa shape index (κ3) is 6.96. The monoisotopic (exact) mass is 1030 g/mol. The summed E-state index contributed by atoms with van der Waals surface area (Å²) >= 11 is 0. The summed E-state index contributed by atoms with van der Waals surface area (Å²) in [6.45, 7) is 17.0. The maximum atomic E-state index is 2.91. The highest BCUT2D eigenvalue weighted by Gasteiger charge is 2.50. The van der Waals surface area contributed by atoms with E-state index in [9.17, 15) is 0 Å². The molecule has 2 aliphatic heterocycles. The topological polar surface area (TPSA) is 8.17 Å². The maximum absolute atomic E-state index is 2.91. The lowest BCUT2D eigenvalue weighted by molar-refractivity contribution is 0.149. The molecule has 0 atom stereocenters. The van der Waals surface area contributed by atoms with Crippen LogP contribution in [-0.4, -0.2) is 11.3 Å². The fourth-order valence-electron chi connectivity index (χ4n) is 18.4. The second-order valence-electron chi connectivity index (χ2n) is 28.5. The van der Waals surface area contributed by atoms with Crippen molar-refractivity contribution in [2.45, 2.75) is 165 Å². The molecule has 9 aromatic rings. The molecule has 2 nitrogen and oxygen atoms in total. The van der Waals surface area contributed by atoms with Crippen LogP contribution in [0.5, 0.6) is 0 Å². The molecule has 8 aromatic carbocycles. The first-order chi connectivity index (χ1) is 38.2. The van der Waals surface area contributed by atoms with Crippen molar-refractivity contribution in [1.29, 1.82) is 0 Å². The lowest BCUT2D eigenvalue weighted by atomic mass is 9.44. The maximum Gasteiger partial charge on any atom is 0.333 e. The predicted octanol–water partition coefficient (Wildman–Crippen LogP) is 19.0. The normalized spacial score (nSPS) is 23.9. The molecule has 4 bridgehead atoms. The van der Waals surface area contributed by atoms with E-state index in [1.807, 2.05) is 0 Å². The molecule has 7 aliphatic rings. The van der Waals surface area contributed by atoms with E-state index in [-0.39, 0.29) is 33.9 Å². The van der Waals surface area contributed by atoms with Crippen molar-refractivity contribution >= 4 is 56.6 Å². The van der Waals surface area contributed by atoms with Gasteiger partial charge < -0.3 is 9.38 Å². The van der Waals surface area contributed by atoms with Crippen LogP contribution in [0.15, 0.2) is 158 Å². The summed E-state index contributed by atoms with van der Waals surface area (Å²) in [7, 11) is 0. The van der Waals surface area contributed by atoms with Crippen molar-refractivity contribution in [3.8, 4) is 33.4 Å². The zero-order valence-electron chi connectivity index (χ0n) is 48.0. The van der Waals surface area contributed by atoms with E-state index in [0.717, 1.165) is 11.8 Å². The minimum absolute atomic E-state index is 0.0327. The Hall–Kier alpha value is -6.58. The van der Waals surface area contributed by atoms with Crippen molar-refractivity contribution in [1.82, 2.24) is 4.48 Å². The van der Waals surface area contributed by atoms with E-state index in [1.54, 1.807) is 11.1 Å². The number of rotatable bonds is 5. The zero-order valence-corrected chi connectivity index (χ0v) is 48.0. The van der Waals surface area contributed by atoms with Crippen LogP contribution in [0, 0.1) is 11.8 Å². The highest BCUT2D eigenvalue weighted by molar-refractivity contribution is 6.90. The lowest BCUT2D eigenvalue weighted by Gasteiger charge is -2.47. The van der Waals surface area contributed by atoms with Crippen molar-refractivity contribution in [2.75, 3.05) is 4.90 Å². The Bertz CT molecular complexity index is 3970. The van der Waals surface area contributed by atoms with Crippen molar-refractivity contribution in [3.63, 3.8) is 0 Å². The Morgan fingerprint density at radius 3 is 1.67 bits per heavy atom.